The Balaban J connectivity index is 2.07. The first kappa shape index (κ1) is 15.5. The van der Waals surface area contributed by atoms with E-state index in [2.05, 4.69) is 50.9 Å². The van der Waals surface area contributed by atoms with E-state index in [9.17, 15) is 4.79 Å². The highest BCUT2D eigenvalue weighted by Crippen LogP contribution is 2.55. The lowest BCUT2D eigenvalue weighted by Gasteiger charge is -2.53. The lowest BCUT2D eigenvalue weighted by molar-refractivity contribution is 0.0923. The number of hydrogen-bond acceptors (Lipinski definition) is 2. The van der Waals surface area contributed by atoms with Gasteiger partial charge in [0.15, 0.2) is 0 Å². The molecule has 0 unspecified atom stereocenters. The molecule has 2 aliphatic carbocycles. The highest BCUT2D eigenvalue weighted by atomic mass is 16.1. The predicted molar refractivity (Wildman–Crippen MR) is 90.1 cm³/mol. The summed E-state index contributed by atoms with van der Waals surface area (Å²) in [4.78, 5) is 15.2. The van der Waals surface area contributed by atoms with Crippen LogP contribution >= 0.6 is 0 Å². The van der Waals surface area contributed by atoms with E-state index in [1.165, 1.54) is 23.1 Å². The number of benzene rings is 1. The van der Waals surface area contributed by atoms with E-state index in [0.29, 0.717) is 11.8 Å². The molecule has 0 amide bonds. The van der Waals surface area contributed by atoms with Gasteiger partial charge in [-0.1, -0.05) is 45.4 Å². The molecule has 0 spiro atoms. The minimum Gasteiger partial charge on any atom is -0.211 e. The maximum atomic E-state index is 10.9. The molecule has 0 aliphatic heterocycles. The zero-order chi connectivity index (χ0) is 16.0. The molecule has 3 atom stereocenters. The Morgan fingerprint density at radius 1 is 1.27 bits per heavy atom. The molecule has 118 valence electrons. The fraction of sp³-hybridized carbons (Fsp3) is 0.650. The molecule has 1 fully saturated rings. The zero-order valence-corrected chi connectivity index (χ0v) is 14.3. The first-order valence-electron chi connectivity index (χ1n) is 8.63. The highest BCUT2D eigenvalue weighted by Gasteiger charge is 2.52. The van der Waals surface area contributed by atoms with Gasteiger partial charge >= 0.3 is 0 Å². The summed E-state index contributed by atoms with van der Waals surface area (Å²) >= 11 is 0. The molecule has 0 saturated heterocycles. The van der Waals surface area contributed by atoms with Crippen LogP contribution in [0.4, 0.5) is 0 Å². The molecule has 0 aromatic heterocycles. The molecule has 0 heterocycles. The van der Waals surface area contributed by atoms with Crippen LogP contribution in [0.1, 0.15) is 76.0 Å². The Morgan fingerprint density at radius 3 is 2.73 bits per heavy atom. The van der Waals surface area contributed by atoms with Gasteiger partial charge in [-0.2, -0.15) is 4.99 Å². The van der Waals surface area contributed by atoms with Gasteiger partial charge in [-0.05, 0) is 66.5 Å². The molecule has 22 heavy (non-hydrogen) atoms. The lowest BCUT2D eigenvalue weighted by Crippen LogP contribution is -2.51. The van der Waals surface area contributed by atoms with Crippen molar-refractivity contribution in [1.82, 2.24) is 0 Å². The van der Waals surface area contributed by atoms with Crippen molar-refractivity contribution in [1.29, 1.82) is 0 Å². The van der Waals surface area contributed by atoms with Crippen LogP contribution in [0.2, 0.25) is 0 Å². The Hall–Kier alpha value is -1.40. The average molecular weight is 297 g/mol. The molecule has 0 radical (unpaired) electrons. The molecular formula is C20H27NO. The smallest absolute Gasteiger partial charge is 0.211 e. The van der Waals surface area contributed by atoms with Gasteiger partial charge in [0.1, 0.15) is 0 Å². The number of fused-ring (bicyclic) bond motifs is 3. The molecule has 1 aromatic carbocycles. The van der Waals surface area contributed by atoms with Crippen LogP contribution in [0.25, 0.3) is 0 Å². The van der Waals surface area contributed by atoms with Gasteiger partial charge in [-0.25, -0.2) is 4.79 Å². The van der Waals surface area contributed by atoms with E-state index in [0.717, 1.165) is 25.7 Å². The quantitative estimate of drug-likeness (QED) is 0.563. The topological polar surface area (TPSA) is 29.4 Å². The van der Waals surface area contributed by atoms with Gasteiger partial charge in [0.25, 0.3) is 0 Å². The lowest BCUT2D eigenvalue weighted by atomic mass is 9.52. The van der Waals surface area contributed by atoms with Crippen molar-refractivity contribution in [2.75, 3.05) is 0 Å². The number of hydrogen-bond donors (Lipinski definition) is 0. The third-order valence-electron chi connectivity index (χ3n) is 6.31. The summed E-state index contributed by atoms with van der Waals surface area (Å²) in [5, 5.41) is 0. The van der Waals surface area contributed by atoms with Crippen molar-refractivity contribution in [2.24, 2.45) is 10.9 Å². The second kappa shape index (κ2) is 5.35. The number of carbonyl (C=O) groups excluding carboxylic acids is 1. The summed E-state index contributed by atoms with van der Waals surface area (Å²) in [6.45, 7) is 9.06. The summed E-state index contributed by atoms with van der Waals surface area (Å²) in [7, 11) is 0. The standard InChI is InChI=1S/C20H27NO/c1-14(2)15-6-8-17-16(12-15)7-9-18-19(17,3)10-5-11-20(18,4)21-13-22/h6,8,12,14,18H,5,7,9-11H2,1-4H3/t18-,19+,20+/m0/s1. The van der Waals surface area contributed by atoms with E-state index in [1.807, 2.05) is 6.08 Å². The minimum absolute atomic E-state index is 0.149. The summed E-state index contributed by atoms with van der Waals surface area (Å²) < 4.78 is 0. The molecule has 2 heteroatoms. The summed E-state index contributed by atoms with van der Waals surface area (Å²) in [6, 6.07) is 7.07. The van der Waals surface area contributed by atoms with Crippen molar-refractivity contribution in [3.63, 3.8) is 0 Å². The van der Waals surface area contributed by atoms with Crippen molar-refractivity contribution >= 4 is 6.08 Å². The number of rotatable bonds is 2. The van der Waals surface area contributed by atoms with Gasteiger partial charge in [0, 0.05) is 0 Å². The van der Waals surface area contributed by atoms with Crippen molar-refractivity contribution in [3.05, 3.63) is 34.9 Å². The zero-order valence-electron chi connectivity index (χ0n) is 14.3. The molecule has 2 nitrogen and oxygen atoms in total. The van der Waals surface area contributed by atoms with Gasteiger partial charge in [-0.3, -0.25) is 0 Å². The van der Waals surface area contributed by atoms with E-state index in [4.69, 9.17) is 0 Å². The molecular weight excluding hydrogens is 270 g/mol. The van der Waals surface area contributed by atoms with Gasteiger partial charge in [-0.15, -0.1) is 0 Å². The normalized spacial score (nSPS) is 33.8. The third kappa shape index (κ3) is 2.25. The highest BCUT2D eigenvalue weighted by molar-refractivity contribution is 5.43. The van der Waals surface area contributed by atoms with Crippen LogP contribution < -0.4 is 0 Å². The predicted octanol–water partition coefficient (Wildman–Crippen LogP) is 4.91. The van der Waals surface area contributed by atoms with Gasteiger partial charge in [0.2, 0.25) is 6.08 Å². The maximum Gasteiger partial charge on any atom is 0.235 e. The van der Waals surface area contributed by atoms with Crippen molar-refractivity contribution < 1.29 is 4.79 Å². The van der Waals surface area contributed by atoms with Gasteiger partial charge < -0.3 is 0 Å². The first-order valence-corrected chi connectivity index (χ1v) is 8.63. The summed E-state index contributed by atoms with van der Waals surface area (Å²) in [5.41, 5.74) is 4.37. The van der Waals surface area contributed by atoms with Crippen LogP contribution in [0, 0.1) is 5.92 Å². The number of nitrogens with zero attached hydrogens (tertiary/aromatic N) is 1. The maximum absolute atomic E-state index is 10.9. The van der Waals surface area contributed by atoms with Gasteiger partial charge in [0.05, 0.1) is 5.54 Å². The fourth-order valence-electron chi connectivity index (χ4n) is 5.07. The SMILES string of the molecule is CC(C)c1ccc2c(c1)CC[C@@H]1[C@](C)(N=C=O)CCC[C@]21C. The van der Waals surface area contributed by atoms with E-state index in [-0.39, 0.29) is 11.0 Å². The second-order valence-corrected chi connectivity index (χ2v) is 7.99. The Morgan fingerprint density at radius 2 is 2.05 bits per heavy atom. The minimum atomic E-state index is -0.233. The molecule has 2 aliphatic rings. The van der Waals surface area contributed by atoms with Crippen LogP contribution in [-0.4, -0.2) is 11.6 Å². The van der Waals surface area contributed by atoms with Crippen molar-refractivity contribution in [3.8, 4) is 0 Å². The monoisotopic (exact) mass is 297 g/mol. The van der Waals surface area contributed by atoms with Crippen LogP contribution in [-0.2, 0) is 16.6 Å². The van der Waals surface area contributed by atoms with Crippen molar-refractivity contribution in [2.45, 2.75) is 76.7 Å². The number of isocyanates is 1. The summed E-state index contributed by atoms with van der Waals surface area (Å²) in [6.07, 6.45) is 7.45. The number of aryl methyl sites for hydroxylation is 1. The molecule has 1 saturated carbocycles. The Bertz CT molecular complexity index is 629. The third-order valence-corrected chi connectivity index (χ3v) is 6.31. The Labute approximate surface area is 134 Å². The largest absolute Gasteiger partial charge is 0.235 e. The van der Waals surface area contributed by atoms with E-state index < -0.39 is 0 Å². The molecule has 1 aromatic rings. The van der Waals surface area contributed by atoms with Crippen LogP contribution in [0.5, 0.6) is 0 Å². The van der Waals surface area contributed by atoms with E-state index in [1.54, 1.807) is 0 Å². The second-order valence-electron chi connectivity index (χ2n) is 7.99. The fourth-order valence-corrected chi connectivity index (χ4v) is 5.07. The average Bonchev–Trinajstić information content (AvgIpc) is 2.46. The van der Waals surface area contributed by atoms with E-state index >= 15 is 0 Å². The molecule has 3 rings (SSSR count). The molecule has 0 N–H and O–H groups in total. The first-order chi connectivity index (χ1) is 10.4. The number of aliphatic imine (C=N–C) groups is 1. The Kier molecular flexibility index (Phi) is 3.77. The molecule has 0 bridgehead atoms. The summed E-state index contributed by atoms with van der Waals surface area (Å²) in [5.74, 6) is 1.03. The van der Waals surface area contributed by atoms with Crippen LogP contribution in [0.15, 0.2) is 23.2 Å². The van der Waals surface area contributed by atoms with Crippen LogP contribution in [0.3, 0.4) is 0 Å².